The summed E-state index contributed by atoms with van der Waals surface area (Å²) in [4.78, 5) is 0. The summed E-state index contributed by atoms with van der Waals surface area (Å²) in [6, 6.07) is 22.8. The van der Waals surface area contributed by atoms with Crippen molar-refractivity contribution in [3.63, 3.8) is 0 Å². The molecule has 90 valence electrons. The van der Waals surface area contributed by atoms with Gasteiger partial charge in [0.25, 0.3) is 0 Å². The van der Waals surface area contributed by atoms with Crippen LogP contribution in [0.3, 0.4) is 0 Å². The van der Waals surface area contributed by atoms with Crippen LogP contribution in [0.2, 0.25) is 0 Å². The molecule has 0 saturated carbocycles. The van der Waals surface area contributed by atoms with Gasteiger partial charge >= 0.3 is 0 Å². The van der Waals surface area contributed by atoms with Crippen LogP contribution in [0.15, 0.2) is 60.7 Å². The fraction of sp³-hybridized carbons (Fsp3) is 0.235. The van der Waals surface area contributed by atoms with Crippen molar-refractivity contribution in [2.45, 2.75) is 25.2 Å². The average molecular weight is 235 g/mol. The van der Waals surface area contributed by atoms with Gasteiger partial charge < -0.3 is 0 Å². The van der Waals surface area contributed by atoms with Crippen LogP contribution in [0.1, 0.15) is 36.3 Å². The van der Waals surface area contributed by atoms with Gasteiger partial charge in [0.15, 0.2) is 0 Å². The van der Waals surface area contributed by atoms with Crippen molar-refractivity contribution >= 4 is 0 Å². The maximum atomic E-state index is 9.49. The molecule has 0 radical (unpaired) electrons. The van der Waals surface area contributed by atoms with Gasteiger partial charge in [-0.2, -0.15) is 5.26 Å². The number of nitrogens with zero attached hydrogens (tertiary/aromatic N) is 1. The van der Waals surface area contributed by atoms with Crippen LogP contribution < -0.4 is 0 Å². The molecule has 2 aromatic carbocycles. The molecule has 0 aliphatic heterocycles. The van der Waals surface area contributed by atoms with Crippen molar-refractivity contribution in [3.05, 3.63) is 71.8 Å². The molecule has 0 aromatic heterocycles. The van der Waals surface area contributed by atoms with Crippen LogP contribution in [-0.2, 0) is 0 Å². The first-order valence-electron chi connectivity index (χ1n) is 6.36. The molecule has 0 spiro atoms. The molecule has 18 heavy (non-hydrogen) atoms. The van der Waals surface area contributed by atoms with Crippen molar-refractivity contribution in [3.8, 4) is 6.07 Å². The highest BCUT2D eigenvalue weighted by Gasteiger charge is 2.22. The van der Waals surface area contributed by atoms with E-state index in [1.54, 1.807) is 0 Å². The Kier molecular flexibility index (Phi) is 4.15. The molecule has 0 N–H and O–H groups in total. The first-order chi connectivity index (χ1) is 8.86. The van der Waals surface area contributed by atoms with E-state index in [4.69, 9.17) is 0 Å². The summed E-state index contributed by atoms with van der Waals surface area (Å²) in [6.45, 7) is 2.14. The van der Waals surface area contributed by atoms with Crippen LogP contribution in [-0.4, -0.2) is 0 Å². The summed E-state index contributed by atoms with van der Waals surface area (Å²) >= 11 is 0. The molecule has 1 heteroatoms. The Morgan fingerprint density at radius 3 is 1.83 bits per heavy atom. The normalized spacial score (nSPS) is 13.6. The third kappa shape index (κ3) is 2.60. The molecule has 0 unspecified atom stereocenters. The lowest BCUT2D eigenvalue weighted by atomic mass is 9.81. The summed E-state index contributed by atoms with van der Waals surface area (Å²) in [5.74, 6) is 0.192. The second-order valence-electron chi connectivity index (χ2n) is 4.44. The van der Waals surface area contributed by atoms with Gasteiger partial charge in [0.2, 0.25) is 0 Å². The Morgan fingerprint density at radius 2 is 1.39 bits per heavy atom. The number of hydrogen-bond donors (Lipinski definition) is 0. The van der Waals surface area contributed by atoms with Gasteiger partial charge in [-0.3, -0.25) is 0 Å². The minimum Gasteiger partial charge on any atom is -0.198 e. The van der Waals surface area contributed by atoms with Gasteiger partial charge in [0, 0.05) is 5.92 Å². The molecular weight excluding hydrogens is 218 g/mol. The molecule has 0 saturated heterocycles. The van der Waals surface area contributed by atoms with Crippen LogP contribution in [0, 0.1) is 11.3 Å². The van der Waals surface area contributed by atoms with E-state index < -0.39 is 0 Å². The predicted molar refractivity (Wildman–Crippen MR) is 74.3 cm³/mol. The van der Waals surface area contributed by atoms with Crippen LogP contribution in [0.4, 0.5) is 0 Å². The van der Waals surface area contributed by atoms with E-state index in [0.717, 1.165) is 12.0 Å². The Hall–Kier alpha value is -2.07. The van der Waals surface area contributed by atoms with Crippen LogP contribution >= 0.6 is 0 Å². The molecule has 2 rings (SSSR count). The zero-order valence-electron chi connectivity index (χ0n) is 10.6. The summed E-state index contributed by atoms with van der Waals surface area (Å²) in [7, 11) is 0. The Bertz CT molecular complexity index is 510. The molecule has 0 bridgehead atoms. The number of rotatable bonds is 4. The van der Waals surface area contributed by atoms with Gasteiger partial charge in [0.1, 0.15) is 0 Å². The van der Waals surface area contributed by atoms with Crippen molar-refractivity contribution < 1.29 is 0 Å². The first kappa shape index (κ1) is 12.4. The van der Waals surface area contributed by atoms with E-state index in [0.29, 0.717) is 0 Å². The standard InChI is InChI=1S/C17H17N/c1-2-16(14-9-5-3-6-10-14)17(13-18)15-11-7-4-8-12-15/h3-12,16-17H,2H2,1H3/t16-,17+/m0/s1. The largest absolute Gasteiger partial charge is 0.198 e. The van der Waals surface area contributed by atoms with Crippen molar-refractivity contribution in [2.24, 2.45) is 0 Å². The van der Waals surface area contributed by atoms with Gasteiger partial charge in [-0.15, -0.1) is 0 Å². The molecule has 1 nitrogen and oxygen atoms in total. The minimum absolute atomic E-state index is 0.0707. The number of hydrogen-bond acceptors (Lipinski definition) is 1. The Morgan fingerprint density at radius 1 is 0.889 bits per heavy atom. The minimum atomic E-state index is -0.0707. The second-order valence-corrected chi connectivity index (χ2v) is 4.44. The highest BCUT2D eigenvalue weighted by molar-refractivity contribution is 5.32. The molecule has 0 fully saturated rings. The molecule has 0 aliphatic carbocycles. The first-order valence-corrected chi connectivity index (χ1v) is 6.36. The highest BCUT2D eigenvalue weighted by Crippen LogP contribution is 2.34. The summed E-state index contributed by atoms with van der Waals surface area (Å²) < 4.78 is 0. The monoisotopic (exact) mass is 235 g/mol. The van der Waals surface area contributed by atoms with E-state index in [2.05, 4.69) is 25.1 Å². The maximum absolute atomic E-state index is 9.49. The van der Waals surface area contributed by atoms with Crippen LogP contribution in [0.25, 0.3) is 0 Å². The second kappa shape index (κ2) is 6.02. The average Bonchev–Trinajstić information content (AvgIpc) is 2.46. The number of benzene rings is 2. The lowest BCUT2D eigenvalue weighted by molar-refractivity contribution is 0.607. The lowest BCUT2D eigenvalue weighted by Gasteiger charge is -2.21. The molecule has 2 aromatic rings. The Balaban J connectivity index is 2.35. The summed E-state index contributed by atoms with van der Waals surface area (Å²) in [5, 5.41) is 9.49. The van der Waals surface area contributed by atoms with E-state index in [1.807, 2.05) is 48.5 Å². The lowest BCUT2D eigenvalue weighted by Crippen LogP contribution is -2.09. The van der Waals surface area contributed by atoms with Gasteiger partial charge in [0.05, 0.1) is 12.0 Å². The third-order valence-electron chi connectivity index (χ3n) is 3.37. The molecular formula is C17H17N. The molecule has 0 heterocycles. The topological polar surface area (TPSA) is 23.8 Å². The SMILES string of the molecule is CC[C@@H](c1ccccc1)[C@H](C#N)c1ccccc1. The van der Waals surface area contributed by atoms with E-state index in [-0.39, 0.29) is 11.8 Å². The van der Waals surface area contributed by atoms with E-state index >= 15 is 0 Å². The predicted octanol–water partition coefficient (Wildman–Crippen LogP) is 4.49. The summed E-state index contributed by atoms with van der Waals surface area (Å²) in [5.41, 5.74) is 2.35. The zero-order valence-corrected chi connectivity index (χ0v) is 10.6. The van der Waals surface area contributed by atoms with Gasteiger partial charge in [-0.1, -0.05) is 67.6 Å². The zero-order chi connectivity index (χ0) is 12.8. The number of nitriles is 1. The van der Waals surface area contributed by atoms with Crippen molar-refractivity contribution in [2.75, 3.05) is 0 Å². The van der Waals surface area contributed by atoms with Gasteiger partial charge in [-0.25, -0.2) is 0 Å². The Labute approximate surface area is 109 Å². The van der Waals surface area contributed by atoms with E-state index in [1.165, 1.54) is 5.56 Å². The van der Waals surface area contributed by atoms with Gasteiger partial charge in [-0.05, 0) is 17.5 Å². The van der Waals surface area contributed by atoms with Crippen molar-refractivity contribution in [1.29, 1.82) is 5.26 Å². The molecule has 2 atom stereocenters. The smallest absolute Gasteiger partial charge is 0.0781 e. The highest BCUT2D eigenvalue weighted by atomic mass is 14.3. The quantitative estimate of drug-likeness (QED) is 0.766. The van der Waals surface area contributed by atoms with E-state index in [9.17, 15) is 5.26 Å². The fourth-order valence-electron chi connectivity index (χ4n) is 2.42. The third-order valence-corrected chi connectivity index (χ3v) is 3.37. The van der Waals surface area contributed by atoms with Crippen LogP contribution in [0.5, 0.6) is 0 Å². The summed E-state index contributed by atoms with van der Waals surface area (Å²) in [6.07, 6.45) is 0.969. The molecule has 0 aliphatic rings. The fourth-order valence-corrected chi connectivity index (χ4v) is 2.42. The molecule has 0 amide bonds. The maximum Gasteiger partial charge on any atom is 0.0781 e. The van der Waals surface area contributed by atoms with Crippen molar-refractivity contribution in [1.82, 2.24) is 0 Å².